The number of ether oxygens (including phenoxy) is 2. The molecule has 4 aliphatic rings. The van der Waals surface area contributed by atoms with Crippen molar-refractivity contribution in [1.82, 2.24) is 9.55 Å². The number of carbonyl (C=O) groups is 3. The van der Waals surface area contributed by atoms with E-state index in [1.54, 1.807) is 49.8 Å². The second-order valence-corrected chi connectivity index (χ2v) is 18.7. The fourth-order valence-corrected chi connectivity index (χ4v) is 11.4. The van der Waals surface area contributed by atoms with Crippen LogP contribution in [0.25, 0.3) is 0 Å². The number of Topliss-reactive ketones (excluding diaryl/α,β-unsaturated/α-hetero) is 1. The summed E-state index contributed by atoms with van der Waals surface area (Å²) in [6.07, 6.45) is 8.19. The number of aromatic nitrogens is 2. The summed E-state index contributed by atoms with van der Waals surface area (Å²) in [6, 6.07) is 10.7. The van der Waals surface area contributed by atoms with Crippen molar-refractivity contribution in [3.8, 4) is 0 Å². The van der Waals surface area contributed by atoms with E-state index < -0.39 is 51.7 Å². The zero-order valence-electron chi connectivity index (χ0n) is 35.2. The Bertz CT molecular complexity index is 2190. The highest BCUT2D eigenvalue weighted by atomic mass is 35.5. The fourth-order valence-electron chi connectivity index (χ4n) is 10.3. The number of ketones is 2. The van der Waals surface area contributed by atoms with Crippen LogP contribution < -0.4 is 0 Å². The predicted octanol–water partition coefficient (Wildman–Crippen LogP) is 10.6. The highest BCUT2D eigenvalue weighted by Gasteiger charge is 2.73. The van der Waals surface area contributed by atoms with Gasteiger partial charge in [-0.15, -0.1) is 10.1 Å². The zero-order valence-corrected chi connectivity index (χ0v) is 38.2. The lowest BCUT2D eigenvalue weighted by molar-refractivity contribution is -0.742. The van der Waals surface area contributed by atoms with Gasteiger partial charge in [0.2, 0.25) is 0 Å². The smallest absolute Gasteiger partial charge is 0.306 e. The van der Waals surface area contributed by atoms with Crippen LogP contribution in [0.1, 0.15) is 83.5 Å². The van der Waals surface area contributed by atoms with Crippen LogP contribution in [-0.2, 0) is 37.0 Å². The number of alkyl halides is 2. The van der Waals surface area contributed by atoms with E-state index in [0.717, 1.165) is 17.5 Å². The third kappa shape index (κ3) is 10.8. The molecular weight excluding hydrogens is 906 g/mol. The Morgan fingerprint density at radius 3 is 2.40 bits per heavy atom. The Morgan fingerprint density at radius 1 is 1.10 bits per heavy atom. The first kappa shape index (κ1) is 50.1. The van der Waals surface area contributed by atoms with E-state index in [9.17, 15) is 19.5 Å². The number of aliphatic hydroxyl groups excluding tert-OH is 1. The number of esters is 1. The van der Waals surface area contributed by atoms with Crippen molar-refractivity contribution in [2.45, 2.75) is 103 Å². The lowest BCUT2D eigenvalue weighted by atomic mass is 9.45. The third-order valence-electron chi connectivity index (χ3n) is 13.2. The Morgan fingerprint density at radius 2 is 1.78 bits per heavy atom. The standard InChI is InChI=1S/C27H36F2O5.C18H14Cl4N2O.HNO3/c1-5-6-7-23(33)34-14-21(31)24-15(2)10-17-18-12-20(28)19-11-16(30)8-9-26(19,4)27(18,29)22(32)13-25(17,24)3;19-12-4-5-13(17(22)8-12)18(9-24-7-6-23-11-24)25-10-14-15(20)2-1-3-16(14)21;2-1(3)4/h8-9,11,15,17-18,20,22,24,32H,5-7,10,12-14H2,1-4H3;1-8,11,18H,9-10H2;(H,2,3,4)/t15-,17+,18+,20+,22+,24-,25+,26+,27+;;/m1../s1. The fraction of sp³-hybridized carbons (Fsp3) is 0.511. The van der Waals surface area contributed by atoms with Crippen molar-refractivity contribution in [3.63, 3.8) is 0 Å². The van der Waals surface area contributed by atoms with Crippen LogP contribution in [-0.4, -0.2) is 67.0 Å². The molecule has 3 fully saturated rings. The maximum Gasteiger partial charge on any atom is 0.306 e. The number of halogens is 6. The molecule has 1 heterocycles. The zero-order chi connectivity index (χ0) is 46.4. The van der Waals surface area contributed by atoms with Crippen molar-refractivity contribution in [2.75, 3.05) is 6.61 Å². The highest BCUT2D eigenvalue weighted by Crippen LogP contribution is 2.70. The molecule has 3 saturated carbocycles. The van der Waals surface area contributed by atoms with Gasteiger partial charge in [-0.05, 0) is 91.8 Å². The van der Waals surface area contributed by atoms with E-state index in [1.807, 2.05) is 37.6 Å². The van der Waals surface area contributed by atoms with E-state index in [-0.39, 0.29) is 67.6 Å². The van der Waals surface area contributed by atoms with Gasteiger partial charge >= 0.3 is 5.97 Å². The lowest BCUT2D eigenvalue weighted by Gasteiger charge is -2.62. The number of imidazole rings is 1. The molecule has 18 heteroatoms. The number of unbranched alkanes of at least 4 members (excludes halogenated alkanes) is 1. The first-order valence-electron chi connectivity index (χ1n) is 20.6. The summed E-state index contributed by atoms with van der Waals surface area (Å²) >= 11 is 24.8. The average molecular weight is 958 g/mol. The lowest BCUT2D eigenvalue weighted by Crippen LogP contribution is -2.68. The number of rotatable bonds is 12. The number of nitrogens with zero attached hydrogens (tertiary/aromatic N) is 3. The quantitative estimate of drug-likeness (QED) is 0.101. The normalized spacial score (nSPS) is 29.6. The molecule has 1 unspecified atom stereocenters. The molecule has 0 saturated heterocycles. The molecule has 2 N–H and O–H groups in total. The summed E-state index contributed by atoms with van der Waals surface area (Å²) in [5, 5.41) is 27.2. The van der Waals surface area contributed by atoms with Crippen LogP contribution in [0, 0.1) is 44.6 Å². The van der Waals surface area contributed by atoms with Crippen LogP contribution in [0.3, 0.4) is 0 Å². The Balaban J connectivity index is 0.000000227. The average Bonchev–Trinajstić information content (AvgIpc) is 3.82. The number of aliphatic hydroxyl groups is 1. The monoisotopic (exact) mass is 955 g/mol. The summed E-state index contributed by atoms with van der Waals surface area (Å²) < 4.78 is 45.8. The Labute approximate surface area is 384 Å². The van der Waals surface area contributed by atoms with E-state index in [2.05, 4.69) is 4.98 Å². The Kier molecular flexibility index (Phi) is 16.6. The largest absolute Gasteiger partial charge is 0.458 e. The number of allylic oxidation sites excluding steroid dienone is 4. The van der Waals surface area contributed by atoms with Gasteiger partial charge in [-0.2, -0.15) is 0 Å². The number of carbonyl (C=O) groups excluding carboxylic acids is 3. The van der Waals surface area contributed by atoms with Crippen molar-refractivity contribution in [3.05, 3.63) is 120 Å². The maximum atomic E-state index is 17.1. The van der Waals surface area contributed by atoms with Gasteiger partial charge in [-0.25, -0.2) is 13.8 Å². The van der Waals surface area contributed by atoms with Gasteiger partial charge in [0.1, 0.15) is 18.9 Å². The van der Waals surface area contributed by atoms with Gasteiger partial charge in [0.15, 0.2) is 17.2 Å². The van der Waals surface area contributed by atoms with Crippen molar-refractivity contribution < 1.29 is 48.0 Å². The summed E-state index contributed by atoms with van der Waals surface area (Å²) in [5.74, 6) is -2.75. The minimum atomic E-state index is -2.15. The van der Waals surface area contributed by atoms with Crippen LogP contribution >= 0.6 is 46.4 Å². The summed E-state index contributed by atoms with van der Waals surface area (Å²) in [5.41, 5.74) is -2.64. The van der Waals surface area contributed by atoms with Crippen LogP contribution in [0.15, 0.2) is 78.9 Å². The van der Waals surface area contributed by atoms with Crippen LogP contribution in [0.2, 0.25) is 20.1 Å². The molecule has 1 aromatic heterocycles. The molecule has 0 radical (unpaired) electrons. The molecule has 0 spiro atoms. The number of benzene rings is 2. The summed E-state index contributed by atoms with van der Waals surface area (Å²) in [4.78, 5) is 49.5. The van der Waals surface area contributed by atoms with Gasteiger partial charge in [-0.1, -0.05) is 91.8 Å². The molecule has 2 aromatic carbocycles. The molecule has 0 bridgehead atoms. The second-order valence-electron chi connectivity index (χ2n) is 17.0. The predicted molar refractivity (Wildman–Crippen MR) is 234 cm³/mol. The number of hydrogen-bond donors (Lipinski definition) is 2. The van der Waals surface area contributed by atoms with Gasteiger partial charge in [-0.3, -0.25) is 14.4 Å². The molecule has 63 heavy (non-hydrogen) atoms. The molecule has 10 atom stereocenters. The van der Waals surface area contributed by atoms with Gasteiger partial charge in [0.25, 0.3) is 5.09 Å². The first-order chi connectivity index (χ1) is 29.7. The van der Waals surface area contributed by atoms with E-state index in [4.69, 9.17) is 71.2 Å². The molecule has 0 amide bonds. The molecule has 4 aliphatic carbocycles. The molecular formula is C45H51Cl4F2N3O9. The van der Waals surface area contributed by atoms with E-state index in [1.165, 1.54) is 18.2 Å². The third-order valence-corrected chi connectivity index (χ3v) is 14.4. The van der Waals surface area contributed by atoms with Gasteiger partial charge in [0.05, 0.1) is 25.6 Å². The van der Waals surface area contributed by atoms with Crippen molar-refractivity contribution in [2.24, 2.45) is 34.5 Å². The minimum Gasteiger partial charge on any atom is -0.458 e. The molecule has 12 nitrogen and oxygen atoms in total. The van der Waals surface area contributed by atoms with E-state index >= 15 is 8.78 Å². The second kappa shape index (κ2) is 20.9. The minimum absolute atomic E-state index is 0.0524. The SMILES string of the molecule is CCCCC(=O)OCC(=O)[C@H]1[C@H](C)C[C@H]2[C@@H]3C[C@H](F)C4=CC(=O)C=C[C@]4(C)[C@@]3(F)[C@@H](O)C[C@@]21C.Clc1ccc(C(Cn2ccnc2)OCc2c(Cl)cccc2Cl)c(Cl)c1.O=[N+]([O-])O. The van der Waals surface area contributed by atoms with Crippen LogP contribution in [0.4, 0.5) is 8.78 Å². The van der Waals surface area contributed by atoms with Crippen molar-refractivity contribution in [1.29, 1.82) is 0 Å². The van der Waals surface area contributed by atoms with Crippen LogP contribution in [0.5, 0.6) is 0 Å². The number of fused-ring (bicyclic) bond motifs is 5. The summed E-state index contributed by atoms with van der Waals surface area (Å²) in [6.45, 7) is 7.84. The topological polar surface area (TPSA) is 171 Å². The number of hydrogen-bond acceptors (Lipinski definition) is 9. The summed E-state index contributed by atoms with van der Waals surface area (Å²) in [7, 11) is 0. The van der Waals surface area contributed by atoms with E-state index in [0.29, 0.717) is 39.5 Å². The van der Waals surface area contributed by atoms with Crippen molar-refractivity contribution >= 4 is 63.9 Å². The maximum absolute atomic E-state index is 17.1. The van der Waals surface area contributed by atoms with Gasteiger partial charge < -0.3 is 24.4 Å². The van der Waals surface area contributed by atoms with Gasteiger partial charge in [0, 0.05) is 67.3 Å². The highest BCUT2D eigenvalue weighted by molar-refractivity contribution is 6.36. The molecule has 7 rings (SSSR count). The molecule has 0 aliphatic heterocycles. The first-order valence-corrected chi connectivity index (χ1v) is 22.1. The molecule has 342 valence electrons. The molecule has 3 aromatic rings. The Hall–Kier alpha value is -3.92.